The van der Waals surface area contributed by atoms with Crippen LogP contribution in [-0.4, -0.2) is 36.1 Å². The fourth-order valence-electron chi connectivity index (χ4n) is 4.67. The lowest BCUT2D eigenvalue weighted by Gasteiger charge is -2.25. The minimum atomic E-state index is -4.48. The third-order valence-electron chi connectivity index (χ3n) is 6.32. The van der Waals surface area contributed by atoms with Crippen LogP contribution in [0.25, 0.3) is 0 Å². The molecule has 11 heteroatoms. The molecule has 6 nitrogen and oxygen atoms in total. The molecule has 0 bridgehead atoms. The number of likely N-dealkylation sites (N-methyl/N-ethyl adjacent to an activating group) is 1. The van der Waals surface area contributed by atoms with Crippen molar-refractivity contribution in [2.24, 2.45) is 0 Å². The van der Waals surface area contributed by atoms with Crippen LogP contribution in [0.4, 0.5) is 23.0 Å². The predicted molar refractivity (Wildman–Crippen MR) is 131 cm³/mol. The molecule has 0 saturated carbocycles. The molecule has 2 aromatic rings. The largest absolute Gasteiger partial charge is 0.459 e. The van der Waals surface area contributed by atoms with Crippen molar-refractivity contribution in [3.05, 3.63) is 36.9 Å². The quantitative estimate of drug-likeness (QED) is 0.452. The van der Waals surface area contributed by atoms with Gasteiger partial charge in [-0.2, -0.15) is 13.2 Å². The molecule has 0 atom stereocenters. The number of nitrogens with one attached hydrogen (secondary N) is 2. The molecule has 0 radical (unpaired) electrons. The van der Waals surface area contributed by atoms with Crippen LogP contribution in [0.15, 0.2) is 0 Å². The molecular weight excluding hydrogens is 499 g/mol. The average molecular weight is 530 g/mol. The van der Waals surface area contributed by atoms with Crippen LogP contribution < -0.4 is 10.6 Å². The minimum Gasteiger partial charge on any atom is -0.459 e. The van der Waals surface area contributed by atoms with Gasteiger partial charge in [0.25, 0.3) is 0 Å². The van der Waals surface area contributed by atoms with Crippen LogP contribution >= 0.6 is 22.7 Å². The van der Waals surface area contributed by atoms with Gasteiger partial charge in [-0.3, -0.25) is 10.2 Å². The van der Waals surface area contributed by atoms with Crippen molar-refractivity contribution < 1.29 is 27.5 Å². The summed E-state index contributed by atoms with van der Waals surface area (Å²) in [5, 5.41) is 5.72. The van der Waals surface area contributed by atoms with Crippen molar-refractivity contribution >= 4 is 39.7 Å². The summed E-state index contributed by atoms with van der Waals surface area (Å²) in [5.41, 5.74) is 2.12. The second-order valence-corrected chi connectivity index (χ2v) is 11.3. The maximum Gasteiger partial charge on any atom is 0.425 e. The molecule has 3 heterocycles. The van der Waals surface area contributed by atoms with E-state index < -0.39 is 23.1 Å². The Bertz CT molecular complexity index is 1110. The van der Waals surface area contributed by atoms with E-state index in [1.54, 1.807) is 13.8 Å². The number of carbonyl (C=O) groups is 2. The van der Waals surface area contributed by atoms with E-state index in [0.29, 0.717) is 40.5 Å². The molecule has 0 saturated heterocycles. The number of rotatable bonds is 6. The monoisotopic (exact) mass is 529 g/mol. The standard InChI is InChI=1S/C24H30F3N3O3S2/c1-4-30-10-9-14-16(20(24(25,26)27)34-18(14)12-30)11-28-23(32)29-21-19(22(31)33-13(2)3)15-7-5-6-8-17(15)35-21/h13H,4-12H2,1-3H3,(H2,28,29,32). The second kappa shape index (κ2) is 10.5. The number of hydrogen-bond acceptors (Lipinski definition) is 6. The number of nitrogens with zero attached hydrogens (tertiary/aromatic N) is 1. The van der Waals surface area contributed by atoms with Crippen molar-refractivity contribution in [3.8, 4) is 0 Å². The Kier molecular flexibility index (Phi) is 7.77. The van der Waals surface area contributed by atoms with Gasteiger partial charge in [0.15, 0.2) is 0 Å². The molecule has 2 aliphatic rings. The second-order valence-electron chi connectivity index (χ2n) is 9.10. The van der Waals surface area contributed by atoms with Crippen molar-refractivity contribution in [3.63, 3.8) is 0 Å². The Labute approximate surface area is 210 Å². The number of alkyl halides is 3. The van der Waals surface area contributed by atoms with Gasteiger partial charge in [-0.15, -0.1) is 22.7 Å². The number of urea groups is 1. The van der Waals surface area contributed by atoms with Crippen LogP contribution in [0.1, 0.15) is 75.3 Å². The van der Waals surface area contributed by atoms with Crippen LogP contribution in [0.5, 0.6) is 0 Å². The van der Waals surface area contributed by atoms with Crippen LogP contribution in [0, 0.1) is 0 Å². The van der Waals surface area contributed by atoms with Gasteiger partial charge in [-0.25, -0.2) is 9.59 Å². The highest BCUT2D eigenvalue weighted by molar-refractivity contribution is 7.17. The maximum atomic E-state index is 13.8. The molecule has 192 valence electrons. The van der Waals surface area contributed by atoms with E-state index in [1.165, 1.54) is 11.3 Å². The number of anilines is 1. The van der Waals surface area contributed by atoms with Crippen LogP contribution in [0.2, 0.25) is 0 Å². The third-order valence-corrected chi connectivity index (χ3v) is 8.83. The predicted octanol–water partition coefficient (Wildman–Crippen LogP) is 5.97. The summed E-state index contributed by atoms with van der Waals surface area (Å²) in [6, 6.07) is -0.638. The molecule has 1 aliphatic heterocycles. The first-order valence-electron chi connectivity index (χ1n) is 11.9. The van der Waals surface area contributed by atoms with E-state index in [4.69, 9.17) is 4.74 Å². The lowest BCUT2D eigenvalue weighted by atomic mass is 9.95. The van der Waals surface area contributed by atoms with E-state index in [9.17, 15) is 22.8 Å². The highest BCUT2D eigenvalue weighted by Crippen LogP contribution is 2.43. The van der Waals surface area contributed by atoms with Gasteiger partial charge < -0.3 is 10.1 Å². The van der Waals surface area contributed by atoms with Crippen LogP contribution in [0.3, 0.4) is 0 Å². The number of thiophene rings is 2. The zero-order chi connectivity index (χ0) is 25.3. The minimum absolute atomic E-state index is 0.147. The Balaban J connectivity index is 1.53. The topological polar surface area (TPSA) is 70.7 Å². The number of amides is 2. The molecule has 2 amide bonds. The van der Waals surface area contributed by atoms with Gasteiger partial charge in [-0.05, 0) is 69.2 Å². The van der Waals surface area contributed by atoms with E-state index in [-0.39, 0.29) is 18.2 Å². The fraction of sp³-hybridized carbons (Fsp3) is 0.583. The Morgan fingerprint density at radius 3 is 2.51 bits per heavy atom. The summed E-state index contributed by atoms with van der Waals surface area (Å²) in [6.07, 6.45) is -0.729. The summed E-state index contributed by atoms with van der Waals surface area (Å²) in [4.78, 5) is 28.8. The number of carbonyl (C=O) groups excluding carboxylic acids is 2. The fourth-order valence-corrected chi connectivity index (χ4v) is 7.22. The Hall–Kier alpha value is -2.11. The summed E-state index contributed by atoms with van der Waals surface area (Å²) in [5.74, 6) is -0.485. The lowest BCUT2D eigenvalue weighted by Crippen LogP contribution is -2.32. The summed E-state index contributed by atoms with van der Waals surface area (Å²) >= 11 is 2.12. The van der Waals surface area contributed by atoms with E-state index in [0.717, 1.165) is 54.0 Å². The van der Waals surface area contributed by atoms with Gasteiger partial charge in [0.1, 0.15) is 9.88 Å². The van der Waals surface area contributed by atoms with Gasteiger partial charge in [0.2, 0.25) is 0 Å². The number of halogens is 3. The van der Waals surface area contributed by atoms with Gasteiger partial charge in [0, 0.05) is 29.4 Å². The van der Waals surface area contributed by atoms with Crippen molar-refractivity contribution in [1.82, 2.24) is 10.2 Å². The van der Waals surface area contributed by atoms with Crippen LogP contribution in [-0.2, 0) is 43.3 Å². The zero-order valence-corrected chi connectivity index (χ0v) is 21.7. The lowest BCUT2D eigenvalue weighted by molar-refractivity contribution is -0.135. The molecule has 35 heavy (non-hydrogen) atoms. The Morgan fingerprint density at radius 2 is 1.83 bits per heavy atom. The normalized spacial score (nSPS) is 16.1. The van der Waals surface area contributed by atoms with E-state index in [2.05, 4.69) is 15.5 Å². The third kappa shape index (κ3) is 5.67. The summed E-state index contributed by atoms with van der Waals surface area (Å²) < 4.78 is 46.7. The van der Waals surface area contributed by atoms with Gasteiger partial charge in [-0.1, -0.05) is 6.92 Å². The molecule has 0 spiro atoms. The number of fused-ring (bicyclic) bond motifs is 2. The van der Waals surface area contributed by atoms with Gasteiger partial charge in [0.05, 0.1) is 11.7 Å². The highest BCUT2D eigenvalue weighted by atomic mass is 32.1. The molecule has 2 N–H and O–H groups in total. The molecule has 0 fully saturated rings. The van der Waals surface area contributed by atoms with Crippen molar-refractivity contribution in [2.75, 3.05) is 18.4 Å². The summed E-state index contributed by atoms with van der Waals surface area (Å²) in [7, 11) is 0. The number of hydrogen-bond donors (Lipinski definition) is 2. The first kappa shape index (κ1) is 26.0. The smallest absolute Gasteiger partial charge is 0.425 e. The number of ether oxygens (including phenoxy) is 1. The SMILES string of the molecule is CCN1CCc2c(sc(C(F)(F)F)c2CNC(=O)Nc2sc3c(c2C(=O)OC(C)C)CCCC3)C1. The molecule has 0 aromatic carbocycles. The van der Waals surface area contributed by atoms with E-state index >= 15 is 0 Å². The van der Waals surface area contributed by atoms with E-state index in [1.807, 2.05) is 6.92 Å². The molecule has 0 unspecified atom stereocenters. The maximum absolute atomic E-state index is 13.8. The number of esters is 1. The molecular formula is C24H30F3N3O3S2. The Morgan fingerprint density at radius 1 is 1.09 bits per heavy atom. The molecule has 4 rings (SSSR count). The molecule has 2 aromatic heterocycles. The number of aryl methyl sites for hydroxylation is 1. The van der Waals surface area contributed by atoms with Crippen molar-refractivity contribution in [2.45, 2.75) is 78.2 Å². The average Bonchev–Trinajstić information content (AvgIpc) is 3.34. The molecule has 1 aliphatic carbocycles. The first-order chi connectivity index (χ1) is 16.6. The van der Waals surface area contributed by atoms with Crippen molar-refractivity contribution in [1.29, 1.82) is 0 Å². The first-order valence-corrected chi connectivity index (χ1v) is 13.5. The van der Waals surface area contributed by atoms with Gasteiger partial charge >= 0.3 is 18.2 Å². The zero-order valence-electron chi connectivity index (χ0n) is 20.1. The highest BCUT2D eigenvalue weighted by Gasteiger charge is 2.39. The summed E-state index contributed by atoms with van der Waals surface area (Å²) in [6.45, 7) is 7.25.